The average Bonchev–Trinajstić information content (AvgIpc) is 3.00. The Balaban J connectivity index is 1.79. The van der Waals surface area contributed by atoms with Gasteiger partial charge < -0.3 is 5.32 Å². The lowest BCUT2D eigenvalue weighted by Gasteiger charge is -2.17. The van der Waals surface area contributed by atoms with Crippen molar-refractivity contribution in [3.05, 3.63) is 101 Å². The molecule has 2 amide bonds. The number of aryl methyl sites for hydroxylation is 2. The number of carbonyl (C=O) groups excluding carboxylic acids is 2. The van der Waals surface area contributed by atoms with Gasteiger partial charge in [-0.05, 0) is 54.7 Å². The quantitative estimate of drug-likeness (QED) is 0.539. The molecule has 0 saturated carbocycles. The highest BCUT2D eigenvalue weighted by molar-refractivity contribution is 6.46. The molecule has 0 bridgehead atoms. The van der Waals surface area contributed by atoms with Crippen LogP contribution in [0.4, 0.5) is 11.4 Å². The van der Waals surface area contributed by atoms with E-state index in [1.54, 1.807) is 0 Å². The second-order valence-electron chi connectivity index (χ2n) is 8.25. The van der Waals surface area contributed by atoms with E-state index in [0.29, 0.717) is 22.9 Å². The van der Waals surface area contributed by atoms with Crippen molar-refractivity contribution in [2.45, 2.75) is 33.6 Å². The molecule has 0 saturated heterocycles. The lowest BCUT2D eigenvalue weighted by atomic mass is 10.0. The Hall–Kier alpha value is -3.66. The zero-order chi connectivity index (χ0) is 22.1. The van der Waals surface area contributed by atoms with Gasteiger partial charge >= 0.3 is 0 Å². The molecular formula is C27H26N2O2. The number of amides is 2. The van der Waals surface area contributed by atoms with E-state index in [1.807, 2.05) is 80.6 Å². The van der Waals surface area contributed by atoms with Crippen molar-refractivity contribution < 1.29 is 9.59 Å². The molecule has 4 rings (SSSR count). The van der Waals surface area contributed by atoms with E-state index in [1.165, 1.54) is 4.90 Å². The highest BCUT2D eigenvalue weighted by atomic mass is 16.2. The van der Waals surface area contributed by atoms with Gasteiger partial charge in [0.25, 0.3) is 11.8 Å². The van der Waals surface area contributed by atoms with Crippen LogP contribution in [0.1, 0.15) is 42.0 Å². The molecule has 156 valence electrons. The molecule has 3 aromatic rings. The fraction of sp³-hybridized carbons (Fsp3) is 0.185. The summed E-state index contributed by atoms with van der Waals surface area (Å²) in [4.78, 5) is 28.2. The highest BCUT2D eigenvalue weighted by Gasteiger charge is 2.40. The molecule has 0 aliphatic carbocycles. The molecule has 0 radical (unpaired) electrons. The first kappa shape index (κ1) is 20.6. The molecule has 0 spiro atoms. The molecule has 4 nitrogen and oxygen atoms in total. The predicted molar refractivity (Wildman–Crippen MR) is 126 cm³/mol. The van der Waals surface area contributed by atoms with Crippen LogP contribution in [-0.4, -0.2) is 11.8 Å². The lowest BCUT2D eigenvalue weighted by Crippen LogP contribution is -2.32. The minimum absolute atomic E-state index is 0.302. The van der Waals surface area contributed by atoms with Crippen LogP contribution in [0.3, 0.4) is 0 Å². The van der Waals surface area contributed by atoms with Crippen LogP contribution in [0.15, 0.2) is 78.5 Å². The largest absolute Gasteiger partial charge is 0.350 e. The monoisotopic (exact) mass is 410 g/mol. The van der Waals surface area contributed by atoms with Crippen LogP contribution in [-0.2, 0) is 9.59 Å². The molecule has 1 aliphatic rings. The number of benzene rings is 3. The molecule has 0 aromatic heterocycles. The summed E-state index contributed by atoms with van der Waals surface area (Å²) in [6.07, 6.45) is 0. The number of hydrogen-bond donors (Lipinski definition) is 1. The van der Waals surface area contributed by atoms with Crippen molar-refractivity contribution in [2.75, 3.05) is 10.2 Å². The van der Waals surface area contributed by atoms with Gasteiger partial charge in [-0.1, -0.05) is 74.0 Å². The standard InChI is InChI=1S/C27H26N2O2/c1-17(2)20-11-13-22(14-12-20)29-26(30)24(21-8-6-5-7-9-21)25(27(29)31)28-23-15-10-18(3)16-19(23)4/h5-17,28H,1-4H3. The normalized spacial score (nSPS) is 14.0. The van der Waals surface area contributed by atoms with Gasteiger partial charge in [-0.3, -0.25) is 9.59 Å². The van der Waals surface area contributed by atoms with E-state index in [2.05, 4.69) is 25.2 Å². The molecule has 1 aliphatic heterocycles. The summed E-state index contributed by atoms with van der Waals surface area (Å²) in [5, 5.41) is 3.26. The fourth-order valence-electron chi connectivity index (χ4n) is 3.85. The van der Waals surface area contributed by atoms with E-state index in [4.69, 9.17) is 0 Å². The molecule has 0 fully saturated rings. The molecule has 3 aromatic carbocycles. The van der Waals surface area contributed by atoms with Crippen LogP contribution < -0.4 is 10.2 Å². The van der Waals surface area contributed by atoms with E-state index < -0.39 is 0 Å². The van der Waals surface area contributed by atoms with Crippen LogP contribution in [0.5, 0.6) is 0 Å². The van der Waals surface area contributed by atoms with Crippen LogP contribution in [0.25, 0.3) is 5.57 Å². The van der Waals surface area contributed by atoms with Crippen molar-refractivity contribution >= 4 is 28.8 Å². The summed E-state index contributed by atoms with van der Waals surface area (Å²) < 4.78 is 0. The van der Waals surface area contributed by atoms with Gasteiger partial charge in [0, 0.05) is 5.69 Å². The smallest absolute Gasteiger partial charge is 0.282 e. The molecular weight excluding hydrogens is 384 g/mol. The van der Waals surface area contributed by atoms with Crippen molar-refractivity contribution in [1.82, 2.24) is 0 Å². The van der Waals surface area contributed by atoms with Crippen molar-refractivity contribution in [1.29, 1.82) is 0 Å². The molecule has 4 heteroatoms. The van der Waals surface area contributed by atoms with Crippen molar-refractivity contribution in [3.8, 4) is 0 Å². The van der Waals surface area contributed by atoms with E-state index >= 15 is 0 Å². The summed E-state index contributed by atoms with van der Waals surface area (Å²) >= 11 is 0. The summed E-state index contributed by atoms with van der Waals surface area (Å²) in [5.41, 5.74) is 6.11. The molecule has 0 unspecified atom stereocenters. The zero-order valence-electron chi connectivity index (χ0n) is 18.3. The van der Waals surface area contributed by atoms with Crippen molar-refractivity contribution in [2.24, 2.45) is 0 Å². The van der Waals surface area contributed by atoms with Crippen LogP contribution in [0.2, 0.25) is 0 Å². The van der Waals surface area contributed by atoms with E-state index in [-0.39, 0.29) is 11.8 Å². The molecule has 31 heavy (non-hydrogen) atoms. The average molecular weight is 411 g/mol. The topological polar surface area (TPSA) is 49.4 Å². The minimum atomic E-state index is -0.346. The number of nitrogens with one attached hydrogen (secondary N) is 1. The van der Waals surface area contributed by atoms with E-state index in [9.17, 15) is 9.59 Å². The second kappa shape index (κ2) is 8.23. The zero-order valence-corrected chi connectivity index (χ0v) is 18.3. The van der Waals surface area contributed by atoms with E-state index in [0.717, 1.165) is 27.9 Å². The molecule has 1 N–H and O–H groups in total. The van der Waals surface area contributed by atoms with Crippen LogP contribution in [0, 0.1) is 13.8 Å². The summed E-state index contributed by atoms with van der Waals surface area (Å²) in [7, 11) is 0. The van der Waals surface area contributed by atoms with Gasteiger partial charge in [0.2, 0.25) is 0 Å². The SMILES string of the molecule is Cc1ccc(NC2=C(c3ccccc3)C(=O)N(c3ccc(C(C)C)cc3)C2=O)c(C)c1. The van der Waals surface area contributed by atoms with Gasteiger partial charge in [-0.2, -0.15) is 0 Å². The van der Waals surface area contributed by atoms with Gasteiger partial charge in [-0.15, -0.1) is 0 Å². The first-order valence-electron chi connectivity index (χ1n) is 10.5. The number of imide groups is 1. The number of hydrogen-bond acceptors (Lipinski definition) is 3. The maximum absolute atomic E-state index is 13.5. The Kier molecular flexibility index (Phi) is 5.47. The van der Waals surface area contributed by atoms with Gasteiger partial charge in [0.15, 0.2) is 0 Å². The maximum atomic E-state index is 13.5. The third kappa shape index (κ3) is 3.89. The number of nitrogens with zero attached hydrogens (tertiary/aromatic N) is 1. The number of rotatable bonds is 5. The number of anilines is 2. The summed E-state index contributed by atoms with van der Waals surface area (Å²) in [6, 6.07) is 23.0. The molecule has 1 heterocycles. The summed E-state index contributed by atoms with van der Waals surface area (Å²) in [5.74, 6) is -0.291. The fourth-order valence-corrected chi connectivity index (χ4v) is 3.85. The lowest BCUT2D eigenvalue weighted by molar-refractivity contribution is -0.120. The van der Waals surface area contributed by atoms with Crippen LogP contribution >= 0.6 is 0 Å². The van der Waals surface area contributed by atoms with Gasteiger partial charge in [-0.25, -0.2) is 4.90 Å². The Morgan fingerprint density at radius 1 is 0.806 bits per heavy atom. The Labute approximate surface area is 183 Å². The molecule has 0 atom stereocenters. The third-order valence-electron chi connectivity index (χ3n) is 5.61. The first-order valence-corrected chi connectivity index (χ1v) is 10.5. The Bertz CT molecular complexity index is 1180. The maximum Gasteiger partial charge on any atom is 0.282 e. The predicted octanol–water partition coefficient (Wildman–Crippen LogP) is 5.82. The number of carbonyl (C=O) groups is 2. The third-order valence-corrected chi connectivity index (χ3v) is 5.61. The van der Waals surface area contributed by atoms with Gasteiger partial charge in [0.05, 0.1) is 11.3 Å². The Morgan fingerprint density at radius 3 is 2.10 bits per heavy atom. The minimum Gasteiger partial charge on any atom is -0.350 e. The first-order chi connectivity index (χ1) is 14.9. The highest BCUT2D eigenvalue weighted by Crippen LogP contribution is 2.34. The second-order valence-corrected chi connectivity index (χ2v) is 8.25. The Morgan fingerprint density at radius 2 is 1.48 bits per heavy atom. The van der Waals surface area contributed by atoms with Crippen molar-refractivity contribution in [3.63, 3.8) is 0 Å². The summed E-state index contributed by atoms with van der Waals surface area (Å²) in [6.45, 7) is 8.24. The van der Waals surface area contributed by atoms with Gasteiger partial charge in [0.1, 0.15) is 5.70 Å².